The van der Waals surface area contributed by atoms with Crippen molar-refractivity contribution in [2.24, 2.45) is 0 Å². The monoisotopic (exact) mass is 481 g/mol. The van der Waals surface area contributed by atoms with Crippen molar-refractivity contribution in [3.05, 3.63) is 61.9 Å². The molecule has 0 aromatic heterocycles. The van der Waals surface area contributed by atoms with Crippen LogP contribution in [0.1, 0.15) is 18.1 Å². The highest BCUT2D eigenvalue weighted by molar-refractivity contribution is 9.10. The lowest BCUT2D eigenvalue weighted by Gasteiger charge is -2.15. The first-order valence-electron chi connectivity index (χ1n) is 8.44. The zero-order valence-corrected chi connectivity index (χ0v) is 18.4. The second kappa shape index (κ2) is 9.03. The third-order valence-electron chi connectivity index (χ3n) is 3.91. The van der Waals surface area contributed by atoms with E-state index in [1.54, 1.807) is 18.2 Å². The van der Waals surface area contributed by atoms with Gasteiger partial charge >= 0.3 is 0 Å². The number of amides is 2. The molecule has 5 nitrogen and oxygen atoms in total. The van der Waals surface area contributed by atoms with Gasteiger partial charge < -0.3 is 9.47 Å². The molecule has 1 fully saturated rings. The van der Waals surface area contributed by atoms with Gasteiger partial charge in [0, 0.05) is 11.5 Å². The molecule has 2 aromatic rings. The van der Waals surface area contributed by atoms with E-state index in [0.717, 1.165) is 26.7 Å². The molecular formula is C20H17BrClNO4S. The standard InChI is InChI=1S/C20H17BrClNO4S/c1-3-26-16-9-13(10-17-19(24)23(2)20(25)28-17)8-15(22)18(16)27-11-12-4-6-14(21)7-5-12/h4-10H,3,11H2,1-2H3/b17-10-. The molecule has 0 saturated carbocycles. The van der Waals surface area contributed by atoms with E-state index in [-0.39, 0.29) is 11.1 Å². The van der Waals surface area contributed by atoms with E-state index < -0.39 is 0 Å². The van der Waals surface area contributed by atoms with Crippen LogP contribution in [0.25, 0.3) is 6.08 Å². The van der Waals surface area contributed by atoms with Gasteiger partial charge in [-0.2, -0.15) is 0 Å². The fraction of sp³-hybridized carbons (Fsp3) is 0.200. The van der Waals surface area contributed by atoms with Crippen molar-refractivity contribution in [3.8, 4) is 11.5 Å². The van der Waals surface area contributed by atoms with Crippen LogP contribution in [0.2, 0.25) is 5.02 Å². The molecule has 0 aliphatic carbocycles. The van der Waals surface area contributed by atoms with Crippen LogP contribution in [0.15, 0.2) is 45.8 Å². The lowest BCUT2D eigenvalue weighted by Crippen LogP contribution is -2.22. The van der Waals surface area contributed by atoms with Gasteiger partial charge in [-0.1, -0.05) is 39.7 Å². The van der Waals surface area contributed by atoms with Crippen molar-refractivity contribution in [3.63, 3.8) is 0 Å². The number of carbonyl (C=O) groups is 2. The quantitative estimate of drug-likeness (QED) is 0.491. The maximum absolute atomic E-state index is 12.1. The molecule has 0 unspecified atom stereocenters. The van der Waals surface area contributed by atoms with Gasteiger partial charge in [0.1, 0.15) is 6.61 Å². The maximum Gasteiger partial charge on any atom is 0.293 e. The molecule has 1 aliphatic rings. The summed E-state index contributed by atoms with van der Waals surface area (Å²) in [5.41, 5.74) is 1.64. The minimum Gasteiger partial charge on any atom is -0.490 e. The predicted molar refractivity (Wildman–Crippen MR) is 115 cm³/mol. The largest absolute Gasteiger partial charge is 0.490 e. The molecule has 1 saturated heterocycles. The van der Waals surface area contributed by atoms with E-state index in [9.17, 15) is 9.59 Å². The Bertz CT molecular complexity index is 946. The van der Waals surface area contributed by atoms with Gasteiger partial charge in [0.15, 0.2) is 11.5 Å². The highest BCUT2D eigenvalue weighted by atomic mass is 79.9. The molecule has 3 rings (SSSR count). The van der Waals surface area contributed by atoms with Crippen molar-refractivity contribution in [2.45, 2.75) is 13.5 Å². The molecule has 8 heteroatoms. The van der Waals surface area contributed by atoms with E-state index in [1.807, 2.05) is 31.2 Å². The second-order valence-corrected chi connectivity index (χ2v) is 8.23. The summed E-state index contributed by atoms with van der Waals surface area (Å²) in [5.74, 6) is 0.584. The van der Waals surface area contributed by atoms with Crippen molar-refractivity contribution in [1.82, 2.24) is 4.90 Å². The lowest BCUT2D eigenvalue weighted by molar-refractivity contribution is -0.121. The maximum atomic E-state index is 12.1. The summed E-state index contributed by atoms with van der Waals surface area (Å²) in [5, 5.41) is 0.0619. The number of thioether (sulfide) groups is 1. The summed E-state index contributed by atoms with van der Waals surface area (Å²) in [6.45, 7) is 2.63. The van der Waals surface area contributed by atoms with Crippen molar-refractivity contribution >= 4 is 56.5 Å². The van der Waals surface area contributed by atoms with E-state index in [1.165, 1.54) is 7.05 Å². The Morgan fingerprint density at radius 1 is 1.18 bits per heavy atom. The summed E-state index contributed by atoms with van der Waals surface area (Å²) >= 11 is 10.7. The van der Waals surface area contributed by atoms with Crippen LogP contribution < -0.4 is 9.47 Å². The van der Waals surface area contributed by atoms with Crippen molar-refractivity contribution in [1.29, 1.82) is 0 Å². The zero-order chi connectivity index (χ0) is 20.3. The number of ether oxygens (including phenoxy) is 2. The summed E-state index contributed by atoms with van der Waals surface area (Å²) in [6.07, 6.45) is 1.63. The van der Waals surface area contributed by atoms with E-state index in [4.69, 9.17) is 21.1 Å². The highest BCUT2D eigenvalue weighted by Gasteiger charge is 2.31. The van der Waals surface area contributed by atoms with Crippen molar-refractivity contribution < 1.29 is 19.1 Å². The molecule has 2 aromatic carbocycles. The lowest BCUT2D eigenvalue weighted by atomic mass is 10.1. The Morgan fingerprint density at radius 2 is 1.89 bits per heavy atom. The second-order valence-electron chi connectivity index (χ2n) is 5.92. The number of rotatable bonds is 6. The van der Waals surface area contributed by atoms with Crippen LogP contribution in [-0.4, -0.2) is 29.7 Å². The fourth-order valence-corrected chi connectivity index (χ4v) is 3.87. The third kappa shape index (κ3) is 4.71. The summed E-state index contributed by atoms with van der Waals surface area (Å²) in [4.78, 5) is 25.2. The van der Waals surface area contributed by atoms with E-state index in [2.05, 4.69) is 15.9 Å². The van der Waals surface area contributed by atoms with Crippen LogP contribution in [-0.2, 0) is 11.4 Å². The molecular weight excluding hydrogens is 466 g/mol. The number of likely N-dealkylation sites (N-methyl/N-ethyl adjacent to an activating group) is 1. The molecule has 28 heavy (non-hydrogen) atoms. The number of benzene rings is 2. The average Bonchev–Trinajstić information content (AvgIpc) is 2.89. The van der Waals surface area contributed by atoms with E-state index >= 15 is 0 Å². The number of hydrogen-bond donors (Lipinski definition) is 0. The molecule has 146 valence electrons. The van der Waals surface area contributed by atoms with Gasteiger partial charge in [0.2, 0.25) is 0 Å². The molecule has 0 spiro atoms. The Labute approximate surface area is 180 Å². The highest BCUT2D eigenvalue weighted by Crippen LogP contribution is 2.39. The smallest absolute Gasteiger partial charge is 0.293 e. The SMILES string of the molecule is CCOc1cc(/C=C2\SC(=O)N(C)C2=O)cc(Cl)c1OCc1ccc(Br)cc1. The Kier molecular flexibility index (Phi) is 6.69. The van der Waals surface area contributed by atoms with Crippen molar-refractivity contribution in [2.75, 3.05) is 13.7 Å². The van der Waals surface area contributed by atoms with Gasteiger partial charge in [0.05, 0.1) is 16.5 Å². The zero-order valence-electron chi connectivity index (χ0n) is 15.2. The molecule has 0 radical (unpaired) electrons. The van der Waals surface area contributed by atoms with Crippen LogP contribution in [0.3, 0.4) is 0 Å². The average molecular weight is 483 g/mol. The minimum absolute atomic E-state index is 0.304. The summed E-state index contributed by atoms with van der Waals surface area (Å²) < 4.78 is 12.6. The first-order chi connectivity index (χ1) is 13.4. The topological polar surface area (TPSA) is 55.8 Å². The van der Waals surface area contributed by atoms with Crippen LogP contribution >= 0.6 is 39.3 Å². The molecule has 0 atom stereocenters. The number of nitrogens with zero attached hydrogens (tertiary/aromatic N) is 1. The molecule has 0 bridgehead atoms. The van der Waals surface area contributed by atoms with Gasteiger partial charge in [-0.05, 0) is 60.2 Å². The number of carbonyl (C=O) groups excluding carboxylic acids is 2. The first kappa shape index (κ1) is 20.8. The Hall–Kier alpha value is -1.96. The minimum atomic E-state index is -0.334. The Balaban J connectivity index is 1.86. The number of halogens is 2. The fourth-order valence-electron chi connectivity index (χ4n) is 2.51. The summed E-state index contributed by atoms with van der Waals surface area (Å²) in [6, 6.07) is 11.2. The van der Waals surface area contributed by atoms with Gasteiger partial charge in [-0.25, -0.2) is 0 Å². The number of imide groups is 1. The van der Waals surface area contributed by atoms with E-state index in [0.29, 0.717) is 40.2 Å². The molecule has 0 N–H and O–H groups in total. The van der Waals surface area contributed by atoms with Crippen LogP contribution in [0, 0.1) is 0 Å². The Morgan fingerprint density at radius 3 is 2.50 bits per heavy atom. The predicted octanol–water partition coefficient (Wildman–Crippen LogP) is 5.75. The van der Waals surface area contributed by atoms with Gasteiger partial charge in [-0.3, -0.25) is 14.5 Å². The first-order valence-corrected chi connectivity index (χ1v) is 10.4. The molecule has 1 heterocycles. The molecule has 2 amide bonds. The third-order valence-corrected chi connectivity index (χ3v) is 5.68. The summed E-state index contributed by atoms with van der Waals surface area (Å²) in [7, 11) is 1.45. The number of hydrogen-bond acceptors (Lipinski definition) is 5. The van der Waals surface area contributed by atoms with Gasteiger partial charge in [-0.15, -0.1) is 0 Å². The molecule has 1 aliphatic heterocycles. The van der Waals surface area contributed by atoms with Crippen LogP contribution in [0.5, 0.6) is 11.5 Å². The van der Waals surface area contributed by atoms with Gasteiger partial charge in [0.25, 0.3) is 11.1 Å². The normalized spacial score (nSPS) is 15.4. The van der Waals surface area contributed by atoms with Crippen LogP contribution in [0.4, 0.5) is 4.79 Å².